The Kier molecular flexibility index (Phi) is 4.08. The van der Waals surface area contributed by atoms with E-state index >= 15 is 0 Å². The van der Waals surface area contributed by atoms with Crippen molar-refractivity contribution in [2.24, 2.45) is 7.05 Å². The number of carbonyl (C=O) groups excluding carboxylic acids is 1. The van der Waals surface area contributed by atoms with Crippen molar-refractivity contribution in [2.75, 3.05) is 12.3 Å². The second-order valence-corrected chi connectivity index (χ2v) is 4.90. The van der Waals surface area contributed by atoms with E-state index in [1.54, 1.807) is 14.0 Å². The molecule has 3 N–H and O–H groups in total. The van der Waals surface area contributed by atoms with Crippen LogP contribution in [-0.2, 0) is 13.5 Å². The van der Waals surface area contributed by atoms with Gasteiger partial charge >= 0.3 is 0 Å². The molecule has 0 radical (unpaired) electrons. The lowest BCUT2D eigenvalue weighted by Crippen LogP contribution is -2.28. The monoisotopic (exact) mass is 272 g/mol. The van der Waals surface area contributed by atoms with Crippen molar-refractivity contribution >= 4 is 11.6 Å². The van der Waals surface area contributed by atoms with Crippen LogP contribution in [0.25, 0.3) is 0 Å². The fraction of sp³-hybridized carbons (Fsp3) is 0.333. The van der Waals surface area contributed by atoms with E-state index in [0.717, 1.165) is 6.42 Å². The summed E-state index contributed by atoms with van der Waals surface area (Å²) < 4.78 is 1.52. The van der Waals surface area contributed by atoms with Gasteiger partial charge in [-0.3, -0.25) is 9.48 Å². The van der Waals surface area contributed by atoms with Crippen molar-refractivity contribution in [3.8, 4) is 0 Å². The lowest BCUT2D eigenvalue weighted by Gasteiger charge is -2.08. The molecule has 5 heteroatoms. The summed E-state index contributed by atoms with van der Waals surface area (Å²) in [6.45, 7) is 4.44. The average Bonchev–Trinajstić information content (AvgIpc) is 2.65. The molecule has 1 aromatic carbocycles. The maximum atomic E-state index is 12.1. The van der Waals surface area contributed by atoms with Crippen LogP contribution in [0.2, 0.25) is 0 Å². The maximum Gasteiger partial charge on any atom is 0.271 e. The van der Waals surface area contributed by atoms with Gasteiger partial charge in [0.15, 0.2) is 0 Å². The SMILES string of the molecule is Cc1ccccc1CCNC(=O)c1c(N)c(C)nn1C. The molecular formula is C15H20N4O. The first-order valence-electron chi connectivity index (χ1n) is 6.62. The van der Waals surface area contributed by atoms with E-state index in [4.69, 9.17) is 5.73 Å². The molecular weight excluding hydrogens is 252 g/mol. The fourth-order valence-electron chi connectivity index (χ4n) is 2.23. The Morgan fingerprint density at radius 1 is 1.35 bits per heavy atom. The van der Waals surface area contributed by atoms with E-state index in [1.165, 1.54) is 15.8 Å². The number of aryl methyl sites for hydroxylation is 3. The number of nitrogens with zero attached hydrogens (tertiary/aromatic N) is 2. The molecule has 0 saturated carbocycles. The highest BCUT2D eigenvalue weighted by molar-refractivity contribution is 5.97. The Hall–Kier alpha value is -2.30. The van der Waals surface area contributed by atoms with Crippen LogP contribution in [0.1, 0.15) is 27.3 Å². The van der Waals surface area contributed by atoms with Crippen LogP contribution in [0.3, 0.4) is 0 Å². The second kappa shape index (κ2) is 5.77. The van der Waals surface area contributed by atoms with Crippen molar-refractivity contribution in [2.45, 2.75) is 20.3 Å². The molecule has 20 heavy (non-hydrogen) atoms. The quantitative estimate of drug-likeness (QED) is 0.887. The molecule has 0 aliphatic rings. The van der Waals surface area contributed by atoms with Gasteiger partial charge in [0.2, 0.25) is 0 Å². The van der Waals surface area contributed by atoms with Crippen LogP contribution in [0, 0.1) is 13.8 Å². The highest BCUT2D eigenvalue weighted by atomic mass is 16.2. The van der Waals surface area contributed by atoms with E-state index in [0.29, 0.717) is 23.6 Å². The molecule has 0 unspecified atom stereocenters. The number of hydrogen-bond donors (Lipinski definition) is 2. The first-order chi connectivity index (χ1) is 9.50. The molecule has 1 heterocycles. The number of aromatic nitrogens is 2. The molecule has 1 amide bonds. The summed E-state index contributed by atoms with van der Waals surface area (Å²) in [7, 11) is 1.72. The van der Waals surface area contributed by atoms with Crippen molar-refractivity contribution in [3.05, 3.63) is 46.8 Å². The van der Waals surface area contributed by atoms with E-state index < -0.39 is 0 Å². The molecule has 0 atom stereocenters. The summed E-state index contributed by atoms with van der Waals surface area (Å²) in [4.78, 5) is 12.1. The molecule has 0 spiro atoms. The van der Waals surface area contributed by atoms with E-state index in [2.05, 4.69) is 29.5 Å². The van der Waals surface area contributed by atoms with Crippen molar-refractivity contribution in [1.82, 2.24) is 15.1 Å². The molecule has 0 fully saturated rings. The van der Waals surface area contributed by atoms with Gasteiger partial charge in [-0.2, -0.15) is 5.10 Å². The summed E-state index contributed by atoms with van der Waals surface area (Å²) in [6, 6.07) is 8.16. The van der Waals surface area contributed by atoms with Crippen molar-refractivity contribution in [1.29, 1.82) is 0 Å². The third kappa shape index (κ3) is 2.82. The predicted octanol–water partition coefficient (Wildman–Crippen LogP) is 1.59. The van der Waals surface area contributed by atoms with E-state index in [9.17, 15) is 4.79 Å². The second-order valence-electron chi connectivity index (χ2n) is 4.90. The topological polar surface area (TPSA) is 72.9 Å². The number of hydrogen-bond acceptors (Lipinski definition) is 3. The van der Waals surface area contributed by atoms with Gasteiger partial charge in [-0.15, -0.1) is 0 Å². The lowest BCUT2D eigenvalue weighted by molar-refractivity contribution is 0.0945. The molecule has 0 aliphatic heterocycles. The van der Waals surface area contributed by atoms with Gasteiger partial charge < -0.3 is 11.1 Å². The Bertz CT molecular complexity index is 631. The zero-order chi connectivity index (χ0) is 14.7. The van der Waals surface area contributed by atoms with Gasteiger partial charge in [0.1, 0.15) is 5.69 Å². The minimum Gasteiger partial charge on any atom is -0.395 e. The largest absolute Gasteiger partial charge is 0.395 e. The fourth-order valence-corrected chi connectivity index (χ4v) is 2.23. The first-order valence-corrected chi connectivity index (χ1v) is 6.62. The number of nitrogens with one attached hydrogen (secondary N) is 1. The summed E-state index contributed by atoms with van der Waals surface area (Å²) in [5.41, 5.74) is 9.89. The van der Waals surface area contributed by atoms with Crippen LogP contribution in [0.4, 0.5) is 5.69 Å². The zero-order valence-corrected chi connectivity index (χ0v) is 12.1. The van der Waals surface area contributed by atoms with Gasteiger partial charge in [-0.1, -0.05) is 24.3 Å². The molecule has 5 nitrogen and oxygen atoms in total. The number of carbonyl (C=O) groups is 1. The lowest BCUT2D eigenvalue weighted by atomic mass is 10.1. The van der Waals surface area contributed by atoms with E-state index in [1.807, 2.05) is 12.1 Å². The summed E-state index contributed by atoms with van der Waals surface area (Å²) in [5.74, 6) is -0.181. The molecule has 2 aromatic rings. The molecule has 1 aromatic heterocycles. The van der Waals surface area contributed by atoms with Crippen LogP contribution < -0.4 is 11.1 Å². The third-order valence-electron chi connectivity index (χ3n) is 3.42. The summed E-state index contributed by atoms with van der Waals surface area (Å²) in [6.07, 6.45) is 0.801. The normalized spacial score (nSPS) is 10.6. The van der Waals surface area contributed by atoms with Gasteiger partial charge in [-0.05, 0) is 31.4 Å². The highest BCUT2D eigenvalue weighted by Crippen LogP contribution is 2.14. The van der Waals surface area contributed by atoms with Crippen LogP contribution in [-0.4, -0.2) is 22.2 Å². The smallest absolute Gasteiger partial charge is 0.271 e. The molecule has 106 valence electrons. The molecule has 0 aliphatic carbocycles. The van der Waals surface area contributed by atoms with E-state index in [-0.39, 0.29) is 5.91 Å². The van der Waals surface area contributed by atoms with Gasteiger partial charge in [0.05, 0.1) is 11.4 Å². The number of rotatable bonds is 4. The van der Waals surface area contributed by atoms with Crippen molar-refractivity contribution < 1.29 is 4.79 Å². The third-order valence-corrected chi connectivity index (χ3v) is 3.42. The van der Waals surface area contributed by atoms with Crippen LogP contribution >= 0.6 is 0 Å². The summed E-state index contributed by atoms with van der Waals surface area (Å²) >= 11 is 0. The number of amides is 1. The standard InChI is InChI=1S/C15H20N4O/c1-10-6-4-5-7-12(10)8-9-17-15(20)14-13(16)11(2)18-19(14)3/h4-7H,8-9,16H2,1-3H3,(H,17,20). The Labute approximate surface area is 118 Å². The number of benzene rings is 1. The molecule has 0 saturated heterocycles. The Balaban J connectivity index is 1.98. The highest BCUT2D eigenvalue weighted by Gasteiger charge is 2.17. The van der Waals surface area contributed by atoms with Crippen molar-refractivity contribution in [3.63, 3.8) is 0 Å². The number of anilines is 1. The van der Waals surface area contributed by atoms with Gasteiger partial charge in [-0.25, -0.2) is 0 Å². The minimum atomic E-state index is -0.181. The Morgan fingerprint density at radius 2 is 2.05 bits per heavy atom. The number of nitrogens with two attached hydrogens (primary N) is 1. The average molecular weight is 272 g/mol. The van der Waals surface area contributed by atoms with Gasteiger partial charge in [0.25, 0.3) is 5.91 Å². The zero-order valence-electron chi connectivity index (χ0n) is 12.1. The minimum absolute atomic E-state index is 0.181. The Morgan fingerprint density at radius 3 is 2.65 bits per heavy atom. The number of nitrogen functional groups attached to an aromatic ring is 1. The van der Waals surface area contributed by atoms with Crippen LogP contribution in [0.5, 0.6) is 0 Å². The molecule has 0 bridgehead atoms. The maximum absolute atomic E-state index is 12.1. The van der Waals surface area contributed by atoms with Crippen LogP contribution in [0.15, 0.2) is 24.3 Å². The van der Waals surface area contributed by atoms with Gasteiger partial charge in [0, 0.05) is 13.6 Å². The predicted molar refractivity (Wildman–Crippen MR) is 79.6 cm³/mol. The first kappa shape index (κ1) is 14.1. The molecule has 2 rings (SSSR count). The summed E-state index contributed by atoms with van der Waals surface area (Å²) in [5, 5.41) is 7.03.